The zero-order chi connectivity index (χ0) is 12.6. The quantitative estimate of drug-likeness (QED) is 0.763. The second-order valence-electron chi connectivity index (χ2n) is 5.39. The van der Waals surface area contributed by atoms with E-state index in [1.54, 1.807) is 0 Å². The van der Waals surface area contributed by atoms with Crippen LogP contribution in [0.3, 0.4) is 0 Å². The molecule has 0 saturated heterocycles. The van der Waals surface area contributed by atoms with Crippen LogP contribution in [0.5, 0.6) is 0 Å². The fourth-order valence-corrected chi connectivity index (χ4v) is 3.18. The van der Waals surface area contributed by atoms with Crippen LogP contribution in [-0.4, -0.2) is 40.6 Å². The number of rotatable bonds is 1. The minimum absolute atomic E-state index is 0.697. The van der Waals surface area contributed by atoms with Crippen molar-refractivity contribution >= 4 is 5.84 Å². The summed E-state index contributed by atoms with van der Waals surface area (Å²) in [5.41, 5.74) is 0.140. The Morgan fingerprint density at radius 3 is 2.72 bits per heavy atom. The molecule has 1 N–H and O–H groups in total. The van der Waals surface area contributed by atoms with Gasteiger partial charge in [-0.1, -0.05) is 30.3 Å². The number of likely N-dealkylation sites (N-methyl/N-ethyl adjacent to an activating group) is 1. The lowest BCUT2D eigenvalue weighted by atomic mass is 10.0. The zero-order valence-electron chi connectivity index (χ0n) is 11.0. The van der Waals surface area contributed by atoms with Crippen molar-refractivity contribution in [1.29, 1.82) is 0 Å². The molecule has 2 aliphatic heterocycles. The van der Waals surface area contributed by atoms with E-state index in [9.17, 15) is 5.11 Å². The molecular weight excluding hydrogens is 224 g/mol. The van der Waals surface area contributed by atoms with Crippen LogP contribution in [0.4, 0.5) is 0 Å². The van der Waals surface area contributed by atoms with Crippen LogP contribution in [0.15, 0.2) is 30.3 Å². The summed E-state index contributed by atoms with van der Waals surface area (Å²) in [6, 6.07) is 10.0. The highest BCUT2D eigenvalue weighted by Crippen LogP contribution is 2.31. The first-order valence-electron chi connectivity index (χ1n) is 6.84. The molecule has 2 heterocycles. The first-order valence-corrected chi connectivity index (χ1v) is 6.84. The first kappa shape index (κ1) is 11.7. The third-order valence-electron chi connectivity index (χ3n) is 4.28. The van der Waals surface area contributed by atoms with Gasteiger partial charge in [-0.05, 0) is 19.3 Å². The molecule has 2 aliphatic rings. The van der Waals surface area contributed by atoms with Crippen LogP contribution in [0.1, 0.15) is 31.2 Å². The van der Waals surface area contributed by atoms with Gasteiger partial charge in [0.2, 0.25) is 5.84 Å². The van der Waals surface area contributed by atoms with Crippen molar-refractivity contribution in [3.63, 3.8) is 0 Å². The van der Waals surface area contributed by atoms with Crippen molar-refractivity contribution in [3.8, 4) is 0 Å². The van der Waals surface area contributed by atoms with E-state index in [1.165, 1.54) is 25.1 Å². The third-order valence-corrected chi connectivity index (χ3v) is 4.28. The lowest BCUT2D eigenvalue weighted by Gasteiger charge is -2.26. The van der Waals surface area contributed by atoms with Crippen LogP contribution in [0.2, 0.25) is 0 Å². The third kappa shape index (κ3) is 1.74. The van der Waals surface area contributed by atoms with Gasteiger partial charge in [-0.2, -0.15) is 0 Å². The Morgan fingerprint density at radius 2 is 1.94 bits per heavy atom. The highest BCUT2D eigenvalue weighted by atomic mass is 16.3. The summed E-state index contributed by atoms with van der Waals surface area (Å²) in [6.45, 7) is 1.78. The van der Waals surface area contributed by atoms with Gasteiger partial charge in [-0.3, -0.25) is 4.58 Å². The fourth-order valence-electron chi connectivity index (χ4n) is 3.18. The van der Waals surface area contributed by atoms with Crippen LogP contribution in [-0.2, 0) is 5.72 Å². The van der Waals surface area contributed by atoms with Crippen molar-refractivity contribution in [1.82, 2.24) is 4.90 Å². The molecular formula is C15H21N2O+. The Balaban J connectivity index is 1.94. The molecule has 3 heteroatoms. The van der Waals surface area contributed by atoms with E-state index in [0.29, 0.717) is 6.54 Å². The summed E-state index contributed by atoms with van der Waals surface area (Å²) < 4.78 is 2.36. The van der Waals surface area contributed by atoms with E-state index in [2.05, 4.69) is 9.48 Å². The SMILES string of the molecule is CN1C2=[N+](CCCCC2)C[C@]1(O)c1ccccc1. The maximum Gasteiger partial charge on any atom is 0.270 e. The van der Waals surface area contributed by atoms with Gasteiger partial charge in [0.1, 0.15) is 0 Å². The average Bonchev–Trinajstić information content (AvgIpc) is 2.58. The molecule has 0 saturated carbocycles. The van der Waals surface area contributed by atoms with Gasteiger partial charge in [0.25, 0.3) is 5.72 Å². The highest BCUT2D eigenvalue weighted by Gasteiger charge is 2.50. The van der Waals surface area contributed by atoms with E-state index in [4.69, 9.17) is 0 Å². The van der Waals surface area contributed by atoms with Gasteiger partial charge in [-0.15, -0.1) is 0 Å². The molecule has 1 atom stereocenters. The number of hydrogen-bond acceptors (Lipinski definition) is 2. The zero-order valence-corrected chi connectivity index (χ0v) is 11.0. The average molecular weight is 245 g/mol. The van der Waals surface area contributed by atoms with Crippen LogP contribution < -0.4 is 0 Å². The predicted octanol–water partition coefficient (Wildman–Crippen LogP) is 1.76. The molecule has 0 aromatic heterocycles. The summed E-state index contributed by atoms with van der Waals surface area (Å²) in [7, 11) is 2.02. The lowest BCUT2D eigenvalue weighted by molar-refractivity contribution is -0.534. The first-order chi connectivity index (χ1) is 8.72. The van der Waals surface area contributed by atoms with Gasteiger partial charge in [-0.25, -0.2) is 4.90 Å². The fraction of sp³-hybridized carbons (Fsp3) is 0.533. The van der Waals surface area contributed by atoms with Crippen molar-refractivity contribution in [2.75, 3.05) is 20.1 Å². The molecule has 0 bridgehead atoms. The summed E-state index contributed by atoms with van der Waals surface area (Å²) in [5.74, 6) is 1.30. The van der Waals surface area contributed by atoms with Crippen molar-refractivity contribution in [2.45, 2.75) is 31.4 Å². The normalized spacial score (nSPS) is 28.2. The summed E-state index contributed by atoms with van der Waals surface area (Å²) in [5, 5.41) is 11.0. The molecule has 3 rings (SSSR count). The Labute approximate surface area is 108 Å². The summed E-state index contributed by atoms with van der Waals surface area (Å²) in [6.07, 6.45) is 4.87. The number of hydrogen-bond donors (Lipinski definition) is 1. The Bertz CT molecular complexity index is 469. The largest absolute Gasteiger partial charge is 0.346 e. The second kappa shape index (κ2) is 4.39. The molecule has 3 nitrogen and oxygen atoms in total. The maximum atomic E-state index is 11.0. The molecule has 0 amide bonds. The smallest absolute Gasteiger partial charge is 0.270 e. The Morgan fingerprint density at radius 1 is 1.17 bits per heavy atom. The summed E-state index contributed by atoms with van der Waals surface area (Å²) in [4.78, 5) is 2.08. The van der Waals surface area contributed by atoms with E-state index in [-0.39, 0.29) is 0 Å². The number of benzene rings is 1. The van der Waals surface area contributed by atoms with Crippen LogP contribution >= 0.6 is 0 Å². The molecule has 18 heavy (non-hydrogen) atoms. The monoisotopic (exact) mass is 245 g/mol. The van der Waals surface area contributed by atoms with E-state index >= 15 is 0 Å². The van der Waals surface area contributed by atoms with Gasteiger partial charge in [0, 0.05) is 12.0 Å². The van der Waals surface area contributed by atoms with Crippen LogP contribution in [0.25, 0.3) is 0 Å². The van der Waals surface area contributed by atoms with Gasteiger partial charge in [0.15, 0.2) is 6.54 Å². The minimum Gasteiger partial charge on any atom is -0.346 e. The highest BCUT2D eigenvalue weighted by molar-refractivity contribution is 5.79. The maximum absolute atomic E-state index is 11.0. The van der Waals surface area contributed by atoms with E-state index in [0.717, 1.165) is 18.5 Å². The Kier molecular flexibility index (Phi) is 2.86. The van der Waals surface area contributed by atoms with Crippen molar-refractivity contribution in [2.24, 2.45) is 0 Å². The molecule has 96 valence electrons. The van der Waals surface area contributed by atoms with E-state index < -0.39 is 5.72 Å². The number of aliphatic hydroxyl groups is 1. The van der Waals surface area contributed by atoms with Crippen molar-refractivity contribution in [3.05, 3.63) is 35.9 Å². The molecule has 0 aliphatic carbocycles. The number of nitrogens with zero attached hydrogens (tertiary/aromatic N) is 2. The molecule has 0 unspecified atom stereocenters. The van der Waals surface area contributed by atoms with Crippen molar-refractivity contribution < 1.29 is 9.68 Å². The molecule has 0 fully saturated rings. The van der Waals surface area contributed by atoms with Gasteiger partial charge >= 0.3 is 0 Å². The Hall–Kier alpha value is -1.35. The predicted molar refractivity (Wildman–Crippen MR) is 71.6 cm³/mol. The molecule has 1 aromatic rings. The van der Waals surface area contributed by atoms with Crippen LogP contribution in [0, 0.1) is 0 Å². The van der Waals surface area contributed by atoms with E-state index in [1.807, 2.05) is 37.4 Å². The standard InChI is InChI=1S/C15H21N2O/c1-16-14-10-6-3-7-11-17(14)12-15(16,18)13-8-4-2-5-9-13/h2,4-5,8-9,18H,3,6-7,10-12H2,1H3/q+1/t15-/m0/s1. The van der Waals surface area contributed by atoms with Gasteiger partial charge < -0.3 is 5.11 Å². The minimum atomic E-state index is -0.853. The second-order valence-corrected chi connectivity index (χ2v) is 5.39. The summed E-state index contributed by atoms with van der Waals surface area (Å²) >= 11 is 0. The molecule has 0 spiro atoms. The topological polar surface area (TPSA) is 26.5 Å². The lowest BCUT2D eigenvalue weighted by Crippen LogP contribution is -2.44. The van der Waals surface area contributed by atoms with Gasteiger partial charge in [0.05, 0.1) is 13.6 Å². The molecule has 0 radical (unpaired) electrons. The molecule has 1 aromatic carbocycles. The number of amidine groups is 1.